The van der Waals surface area contributed by atoms with Gasteiger partial charge in [0.1, 0.15) is 11.7 Å². The standard InChI is InChI=1S/C12H18O5/c13-9-5-4-8(11(9)12(14)15)7-17-10-3-1-2-6-16-10/h8,10-11H,1-7H2,(H,14,15). The van der Waals surface area contributed by atoms with Crippen LogP contribution in [-0.2, 0) is 19.1 Å². The molecule has 2 fully saturated rings. The molecule has 5 nitrogen and oxygen atoms in total. The number of hydrogen-bond donors (Lipinski definition) is 1. The van der Waals surface area contributed by atoms with Gasteiger partial charge < -0.3 is 14.6 Å². The van der Waals surface area contributed by atoms with Crippen molar-refractivity contribution in [2.75, 3.05) is 13.2 Å². The van der Waals surface area contributed by atoms with Gasteiger partial charge in [0.2, 0.25) is 0 Å². The number of carboxylic acids is 1. The average Bonchev–Trinajstić information content (AvgIpc) is 2.69. The van der Waals surface area contributed by atoms with Gasteiger partial charge in [-0.3, -0.25) is 9.59 Å². The smallest absolute Gasteiger partial charge is 0.314 e. The first-order valence-electron chi connectivity index (χ1n) is 6.17. The van der Waals surface area contributed by atoms with E-state index in [2.05, 4.69) is 0 Å². The maximum absolute atomic E-state index is 11.4. The van der Waals surface area contributed by atoms with Crippen molar-refractivity contribution in [3.63, 3.8) is 0 Å². The first-order chi connectivity index (χ1) is 8.18. The summed E-state index contributed by atoms with van der Waals surface area (Å²) in [6.45, 7) is 1.02. The topological polar surface area (TPSA) is 72.8 Å². The molecule has 1 saturated heterocycles. The lowest BCUT2D eigenvalue weighted by atomic mass is 9.96. The van der Waals surface area contributed by atoms with Crippen molar-refractivity contribution in [2.24, 2.45) is 11.8 Å². The lowest BCUT2D eigenvalue weighted by Crippen LogP contribution is -2.30. The summed E-state index contributed by atoms with van der Waals surface area (Å²) >= 11 is 0. The highest BCUT2D eigenvalue weighted by molar-refractivity contribution is 6.00. The summed E-state index contributed by atoms with van der Waals surface area (Å²) in [4.78, 5) is 22.4. The Kier molecular flexibility index (Phi) is 4.12. The number of aliphatic carboxylic acids is 1. The van der Waals surface area contributed by atoms with E-state index in [0.717, 1.165) is 19.3 Å². The van der Waals surface area contributed by atoms with Gasteiger partial charge >= 0.3 is 5.97 Å². The van der Waals surface area contributed by atoms with Crippen molar-refractivity contribution in [3.8, 4) is 0 Å². The zero-order valence-corrected chi connectivity index (χ0v) is 9.76. The lowest BCUT2D eigenvalue weighted by molar-refractivity contribution is -0.174. The minimum absolute atomic E-state index is 0.171. The van der Waals surface area contributed by atoms with Gasteiger partial charge in [-0.25, -0.2) is 0 Å². The Morgan fingerprint density at radius 3 is 2.88 bits per heavy atom. The predicted molar refractivity (Wildman–Crippen MR) is 58.4 cm³/mol. The molecule has 96 valence electrons. The van der Waals surface area contributed by atoms with Crippen molar-refractivity contribution in [1.82, 2.24) is 0 Å². The molecule has 0 aromatic heterocycles. The molecule has 0 radical (unpaired) electrons. The van der Waals surface area contributed by atoms with Gasteiger partial charge in [-0.05, 0) is 25.7 Å². The van der Waals surface area contributed by atoms with Crippen molar-refractivity contribution in [2.45, 2.75) is 38.4 Å². The van der Waals surface area contributed by atoms with Crippen LogP contribution in [0.2, 0.25) is 0 Å². The maximum atomic E-state index is 11.4. The van der Waals surface area contributed by atoms with Crippen molar-refractivity contribution < 1.29 is 24.2 Å². The third-order valence-corrected chi connectivity index (χ3v) is 3.48. The normalized spacial score (nSPS) is 33.9. The minimum Gasteiger partial charge on any atom is -0.481 e. The molecule has 2 aliphatic rings. The molecule has 1 heterocycles. The van der Waals surface area contributed by atoms with Gasteiger partial charge in [0.05, 0.1) is 6.61 Å². The summed E-state index contributed by atoms with van der Waals surface area (Å²) < 4.78 is 11.0. The Morgan fingerprint density at radius 1 is 1.41 bits per heavy atom. The number of ketones is 1. The van der Waals surface area contributed by atoms with Gasteiger partial charge in [0.25, 0.3) is 0 Å². The molecule has 0 aromatic rings. The number of carbonyl (C=O) groups excluding carboxylic acids is 1. The molecule has 1 saturated carbocycles. The summed E-state index contributed by atoms with van der Waals surface area (Å²) in [5.74, 6) is -2.26. The Bertz CT molecular complexity index is 295. The lowest BCUT2D eigenvalue weighted by Gasteiger charge is -2.24. The number of Topliss-reactive ketones (excluding diaryl/α,β-unsaturated/α-hetero) is 1. The van der Waals surface area contributed by atoms with Crippen LogP contribution in [0, 0.1) is 11.8 Å². The molecular formula is C12H18O5. The predicted octanol–water partition coefficient (Wildman–Crippen LogP) is 1.21. The van der Waals surface area contributed by atoms with Gasteiger partial charge in [-0.2, -0.15) is 0 Å². The molecule has 1 N–H and O–H groups in total. The second-order valence-electron chi connectivity index (χ2n) is 4.71. The summed E-state index contributed by atoms with van der Waals surface area (Å²) in [5, 5.41) is 8.98. The van der Waals surface area contributed by atoms with Crippen molar-refractivity contribution in [3.05, 3.63) is 0 Å². The number of carboxylic acid groups (broad SMARTS) is 1. The fourth-order valence-electron chi connectivity index (χ4n) is 2.51. The molecule has 0 amide bonds. The molecule has 0 aromatic carbocycles. The molecule has 0 spiro atoms. The van der Waals surface area contributed by atoms with Gasteiger partial charge in [0, 0.05) is 18.9 Å². The number of ether oxygens (including phenoxy) is 2. The molecular weight excluding hydrogens is 224 g/mol. The van der Waals surface area contributed by atoms with Gasteiger partial charge in [-0.1, -0.05) is 0 Å². The first kappa shape index (κ1) is 12.5. The van der Waals surface area contributed by atoms with Gasteiger partial charge in [0.15, 0.2) is 6.29 Å². The Balaban J connectivity index is 1.81. The Morgan fingerprint density at radius 2 is 2.24 bits per heavy atom. The average molecular weight is 242 g/mol. The highest BCUT2D eigenvalue weighted by Crippen LogP contribution is 2.30. The van der Waals surface area contributed by atoms with E-state index in [9.17, 15) is 9.59 Å². The molecule has 2 rings (SSSR count). The fourth-order valence-corrected chi connectivity index (χ4v) is 2.51. The highest BCUT2D eigenvalue weighted by atomic mass is 16.7. The van der Waals surface area contributed by atoms with Crippen LogP contribution < -0.4 is 0 Å². The van der Waals surface area contributed by atoms with Crippen LogP contribution in [0.4, 0.5) is 0 Å². The summed E-state index contributed by atoms with van der Waals surface area (Å²) in [6, 6.07) is 0. The third kappa shape index (κ3) is 3.04. The second kappa shape index (κ2) is 5.60. The van der Waals surface area contributed by atoms with Crippen LogP contribution in [0.5, 0.6) is 0 Å². The van der Waals surface area contributed by atoms with E-state index in [0.29, 0.717) is 26.1 Å². The molecule has 1 aliphatic heterocycles. The Hall–Kier alpha value is -0.940. The molecule has 3 unspecified atom stereocenters. The van der Waals surface area contributed by atoms with E-state index in [1.807, 2.05) is 0 Å². The molecule has 5 heteroatoms. The zero-order valence-electron chi connectivity index (χ0n) is 9.76. The number of carbonyl (C=O) groups is 2. The number of rotatable bonds is 4. The highest BCUT2D eigenvalue weighted by Gasteiger charge is 2.40. The maximum Gasteiger partial charge on any atom is 0.314 e. The monoisotopic (exact) mass is 242 g/mol. The van der Waals surface area contributed by atoms with E-state index in [-0.39, 0.29) is 18.0 Å². The van der Waals surface area contributed by atoms with Crippen molar-refractivity contribution in [1.29, 1.82) is 0 Å². The van der Waals surface area contributed by atoms with E-state index in [4.69, 9.17) is 14.6 Å². The fraction of sp³-hybridized carbons (Fsp3) is 0.833. The van der Waals surface area contributed by atoms with E-state index in [1.165, 1.54) is 0 Å². The first-order valence-corrected chi connectivity index (χ1v) is 6.17. The van der Waals surface area contributed by atoms with Crippen LogP contribution in [-0.4, -0.2) is 36.4 Å². The van der Waals surface area contributed by atoms with Crippen LogP contribution in [0.1, 0.15) is 32.1 Å². The largest absolute Gasteiger partial charge is 0.481 e. The SMILES string of the molecule is O=C(O)C1C(=O)CCC1COC1CCCCO1. The molecule has 1 aliphatic carbocycles. The van der Waals surface area contributed by atoms with Crippen LogP contribution in [0.15, 0.2) is 0 Å². The summed E-state index contributed by atoms with van der Waals surface area (Å²) in [5.41, 5.74) is 0. The molecule has 17 heavy (non-hydrogen) atoms. The zero-order chi connectivity index (χ0) is 12.3. The number of hydrogen-bond acceptors (Lipinski definition) is 4. The molecule has 0 bridgehead atoms. The van der Waals surface area contributed by atoms with E-state index >= 15 is 0 Å². The third-order valence-electron chi connectivity index (χ3n) is 3.48. The van der Waals surface area contributed by atoms with Crippen LogP contribution in [0.3, 0.4) is 0 Å². The second-order valence-corrected chi connectivity index (χ2v) is 4.71. The summed E-state index contributed by atoms with van der Waals surface area (Å²) in [7, 11) is 0. The van der Waals surface area contributed by atoms with Crippen LogP contribution >= 0.6 is 0 Å². The molecule has 3 atom stereocenters. The quantitative estimate of drug-likeness (QED) is 0.750. The van der Waals surface area contributed by atoms with E-state index in [1.54, 1.807) is 0 Å². The minimum atomic E-state index is -1.02. The van der Waals surface area contributed by atoms with Crippen molar-refractivity contribution >= 4 is 11.8 Å². The van der Waals surface area contributed by atoms with Gasteiger partial charge in [-0.15, -0.1) is 0 Å². The summed E-state index contributed by atoms with van der Waals surface area (Å²) in [6.07, 6.45) is 3.75. The van der Waals surface area contributed by atoms with E-state index < -0.39 is 11.9 Å². The Labute approximate surface area is 100 Å². The van der Waals surface area contributed by atoms with Crippen LogP contribution in [0.25, 0.3) is 0 Å².